The summed E-state index contributed by atoms with van der Waals surface area (Å²) in [5.41, 5.74) is -0.0107. The molecule has 4 aliphatic rings. The second-order valence-electron chi connectivity index (χ2n) is 11.7. The lowest BCUT2D eigenvalue weighted by Gasteiger charge is -2.62. The minimum Gasteiger partial charge on any atom is -0.463 e. The summed E-state index contributed by atoms with van der Waals surface area (Å²) in [4.78, 5) is 36.3. The van der Waals surface area contributed by atoms with Gasteiger partial charge in [0.25, 0.3) is 0 Å². The summed E-state index contributed by atoms with van der Waals surface area (Å²) in [6, 6.07) is 0. The highest BCUT2D eigenvalue weighted by Crippen LogP contribution is 2.69. The van der Waals surface area contributed by atoms with Gasteiger partial charge in [-0.1, -0.05) is 20.8 Å². The maximum Gasteiger partial charge on any atom is 0.302 e. The van der Waals surface area contributed by atoms with Gasteiger partial charge in [0.05, 0.1) is 0 Å². The van der Waals surface area contributed by atoms with Crippen LogP contribution in [0.5, 0.6) is 0 Å². The molecule has 5 nitrogen and oxygen atoms in total. The zero-order chi connectivity index (χ0) is 22.7. The van der Waals surface area contributed by atoms with E-state index in [1.165, 1.54) is 13.8 Å². The number of fused-ring (bicyclic) bond motifs is 5. The van der Waals surface area contributed by atoms with Crippen LogP contribution in [0.15, 0.2) is 0 Å². The molecular weight excluding hydrogens is 392 g/mol. The van der Waals surface area contributed by atoms with Crippen LogP contribution < -0.4 is 0 Å². The number of ketones is 1. The molecule has 4 rings (SSSR count). The molecule has 4 aliphatic carbocycles. The van der Waals surface area contributed by atoms with Crippen molar-refractivity contribution in [3.63, 3.8) is 0 Å². The number of ether oxygens (including phenoxy) is 2. The Labute approximate surface area is 187 Å². The van der Waals surface area contributed by atoms with Gasteiger partial charge in [-0.25, -0.2) is 0 Å². The van der Waals surface area contributed by atoms with Crippen molar-refractivity contribution in [2.24, 2.45) is 46.3 Å². The average Bonchev–Trinajstić information content (AvgIpc) is 2.90. The smallest absolute Gasteiger partial charge is 0.302 e. The molecule has 10 atom stereocenters. The Morgan fingerprint density at radius 2 is 1.55 bits per heavy atom. The first-order chi connectivity index (χ1) is 14.5. The highest BCUT2D eigenvalue weighted by Gasteiger charge is 2.66. The molecule has 0 aromatic heterocycles. The Morgan fingerprint density at radius 1 is 0.871 bits per heavy atom. The molecule has 4 saturated carbocycles. The van der Waals surface area contributed by atoms with Crippen LogP contribution >= 0.6 is 0 Å². The van der Waals surface area contributed by atoms with Gasteiger partial charge in [-0.15, -0.1) is 0 Å². The molecule has 5 heteroatoms. The van der Waals surface area contributed by atoms with Gasteiger partial charge in [0.1, 0.15) is 18.0 Å². The number of carbonyl (C=O) groups is 3. The third kappa shape index (κ3) is 3.64. The SMILES string of the molecule is CC(=O)O[C@@H]1CC[C@@]2(C)[C@@H](CC[C@@H]3[C@H]2[C@H](OC(C)=O)C[C@@]2(C)[C@@H]3C[C@@H](C)[C@@H]2C(C)=O)C1. The first-order valence-corrected chi connectivity index (χ1v) is 12.3. The highest BCUT2D eigenvalue weighted by atomic mass is 16.5. The molecule has 174 valence electrons. The quantitative estimate of drug-likeness (QED) is 0.590. The first-order valence-electron chi connectivity index (χ1n) is 12.3. The van der Waals surface area contributed by atoms with Gasteiger partial charge < -0.3 is 9.47 Å². The van der Waals surface area contributed by atoms with Crippen LogP contribution in [0.25, 0.3) is 0 Å². The molecule has 0 heterocycles. The van der Waals surface area contributed by atoms with E-state index < -0.39 is 0 Å². The average molecular weight is 433 g/mol. The lowest BCUT2D eigenvalue weighted by Crippen LogP contribution is -2.60. The Hall–Kier alpha value is -1.39. The molecule has 0 unspecified atom stereocenters. The van der Waals surface area contributed by atoms with E-state index >= 15 is 0 Å². The number of hydrogen-bond donors (Lipinski definition) is 0. The molecule has 0 radical (unpaired) electrons. The Morgan fingerprint density at radius 3 is 2.16 bits per heavy atom. The zero-order valence-corrected chi connectivity index (χ0v) is 20.1. The van der Waals surface area contributed by atoms with Crippen molar-refractivity contribution in [1.29, 1.82) is 0 Å². The minimum atomic E-state index is -0.212. The highest BCUT2D eigenvalue weighted by molar-refractivity contribution is 5.80. The molecule has 0 spiro atoms. The van der Waals surface area contributed by atoms with Crippen LogP contribution in [0.1, 0.15) is 86.5 Å². The van der Waals surface area contributed by atoms with Crippen molar-refractivity contribution in [2.45, 2.75) is 98.7 Å². The number of esters is 2. The van der Waals surface area contributed by atoms with Crippen LogP contribution in [-0.2, 0) is 23.9 Å². The van der Waals surface area contributed by atoms with Crippen LogP contribution in [0, 0.1) is 46.3 Å². The molecule has 0 aliphatic heterocycles. The standard InChI is InChI=1S/C26H40O5/c1-14-11-21-20-8-7-18-12-19(30-16(3)28)9-10-25(18,5)24(20)22(31-17(4)29)13-26(21,6)23(14)15(2)27/h14,18-24H,7-13H2,1-6H3/t14-,18+,19-,20+,21-,22-,23-,24+,25+,26+/m1/s1. The maximum atomic E-state index is 12.7. The number of carbonyl (C=O) groups excluding carboxylic acids is 3. The van der Waals surface area contributed by atoms with Crippen molar-refractivity contribution in [1.82, 2.24) is 0 Å². The normalized spacial score (nSPS) is 48.7. The molecule has 31 heavy (non-hydrogen) atoms. The van der Waals surface area contributed by atoms with Gasteiger partial charge in [0, 0.05) is 25.7 Å². The maximum absolute atomic E-state index is 12.7. The molecule has 0 N–H and O–H groups in total. The summed E-state index contributed by atoms with van der Waals surface area (Å²) < 4.78 is 11.7. The summed E-state index contributed by atoms with van der Waals surface area (Å²) in [5, 5.41) is 0. The first kappa shape index (κ1) is 22.8. The van der Waals surface area contributed by atoms with Gasteiger partial charge in [-0.3, -0.25) is 14.4 Å². The Balaban J connectivity index is 1.68. The van der Waals surface area contributed by atoms with E-state index in [0.29, 0.717) is 35.4 Å². The predicted molar refractivity (Wildman–Crippen MR) is 117 cm³/mol. The van der Waals surface area contributed by atoms with Gasteiger partial charge in [-0.2, -0.15) is 0 Å². The summed E-state index contributed by atoms with van der Waals surface area (Å²) in [5.74, 6) is 2.13. The van der Waals surface area contributed by atoms with Crippen LogP contribution in [0.3, 0.4) is 0 Å². The summed E-state index contributed by atoms with van der Waals surface area (Å²) >= 11 is 0. The lowest BCUT2D eigenvalue weighted by molar-refractivity contribution is -0.200. The second-order valence-corrected chi connectivity index (χ2v) is 11.7. The minimum absolute atomic E-state index is 0.0155. The largest absolute Gasteiger partial charge is 0.463 e. The Kier molecular flexibility index (Phi) is 5.79. The lowest BCUT2D eigenvalue weighted by atomic mass is 9.43. The van der Waals surface area contributed by atoms with Crippen LogP contribution in [0.2, 0.25) is 0 Å². The summed E-state index contributed by atoms with van der Waals surface area (Å²) in [7, 11) is 0. The fourth-order valence-corrected chi connectivity index (χ4v) is 9.21. The van der Waals surface area contributed by atoms with Crippen molar-refractivity contribution in [3.8, 4) is 0 Å². The van der Waals surface area contributed by atoms with Gasteiger partial charge >= 0.3 is 11.9 Å². The van der Waals surface area contributed by atoms with Crippen molar-refractivity contribution >= 4 is 17.7 Å². The van der Waals surface area contributed by atoms with E-state index in [0.717, 1.165) is 44.9 Å². The molecule has 0 aromatic carbocycles. The fraction of sp³-hybridized carbons (Fsp3) is 0.885. The van der Waals surface area contributed by atoms with Gasteiger partial charge in [0.15, 0.2) is 0 Å². The van der Waals surface area contributed by atoms with Crippen LogP contribution in [0.4, 0.5) is 0 Å². The summed E-state index contributed by atoms with van der Waals surface area (Å²) in [6.45, 7) is 11.7. The molecule has 0 saturated heterocycles. The van der Waals surface area contributed by atoms with Crippen LogP contribution in [-0.4, -0.2) is 29.9 Å². The zero-order valence-electron chi connectivity index (χ0n) is 20.1. The number of Topliss-reactive ketones (excluding diaryl/α,β-unsaturated/α-hetero) is 1. The van der Waals surface area contributed by atoms with E-state index in [2.05, 4.69) is 20.8 Å². The van der Waals surface area contributed by atoms with E-state index in [9.17, 15) is 14.4 Å². The van der Waals surface area contributed by atoms with Crippen molar-refractivity contribution in [3.05, 3.63) is 0 Å². The third-order valence-corrected chi connectivity index (χ3v) is 9.95. The predicted octanol–water partition coefficient (Wildman–Crippen LogP) is 4.95. The van der Waals surface area contributed by atoms with Gasteiger partial charge in [0.2, 0.25) is 0 Å². The fourth-order valence-electron chi connectivity index (χ4n) is 9.21. The molecule has 0 bridgehead atoms. The molecule has 4 fully saturated rings. The van der Waals surface area contributed by atoms with E-state index in [1.54, 1.807) is 6.92 Å². The second kappa shape index (κ2) is 7.88. The third-order valence-electron chi connectivity index (χ3n) is 9.95. The topological polar surface area (TPSA) is 69.7 Å². The van der Waals surface area contributed by atoms with E-state index in [1.807, 2.05) is 0 Å². The number of rotatable bonds is 3. The number of hydrogen-bond acceptors (Lipinski definition) is 5. The van der Waals surface area contributed by atoms with Gasteiger partial charge in [-0.05, 0) is 86.4 Å². The van der Waals surface area contributed by atoms with Crippen molar-refractivity contribution in [2.75, 3.05) is 0 Å². The monoisotopic (exact) mass is 432 g/mol. The van der Waals surface area contributed by atoms with Crippen molar-refractivity contribution < 1.29 is 23.9 Å². The summed E-state index contributed by atoms with van der Waals surface area (Å²) in [6.07, 6.45) is 6.84. The molecular formula is C26H40O5. The van der Waals surface area contributed by atoms with E-state index in [4.69, 9.17) is 9.47 Å². The van der Waals surface area contributed by atoms with E-state index in [-0.39, 0.29) is 40.9 Å². The molecule has 0 aromatic rings. The molecule has 0 amide bonds. The Bertz CT molecular complexity index is 761.